The Hall–Kier alpha value is -1.11. The monoisotopic (exact) mass is 326 g/mol. The van der Waals surface area contributed by atoms with Crippen molar-refractivity contribution in [2.24, 2.45) is 5.92 Å². The largest absolute Gasteiger partial charge is 0.508 e. The number of nitrogens with one attached hydrogen (secondary N) is 1. The average Bonchev–Trinajstić information content (AvgIpc) is 2.93. The Bertz CT molecular complexity index is 572. The highest BCUT2D eigenvalue weighted by molar-refractivity contribution is 7.88. The minimum absolute atomic E-state index is 0.298. The van der Waals surface area contributed by atoms with Gasteiger partial charge in [-0.3, -0.25) is 0 Å². The van der Waals surface area contributed by atoms with Crippen molar-refractivity contribution < 1.29 is 13.5 Å². The van der Waals surface area contributed by atoms with Crippen LogP contribution < -0.4 is 5.32 Å². The minimum atomic E-state index is -3.04. The maximum absolute atomic E-state index is 11.5. The zero-order valence-corrected chi connectivity index (χ0v) is 14.1. The Labute approximate surface area is 133 Å². The molecule has 0 bridgehead atoms. The van der Waals surface area contributed by atoms with Gasteiger partial charge < -0.3 is 10.4 Å². The summed E-state index contributed by atoms with van der Waals surface area (Å²) in [5.41, 5.74) is 1.22. The van der Waals surface area contributed by atoms with Crippen LogP contribution in [0.1, 0.15) is 25.3 Å². The molecule has 0 radical (unpaired) electrons. The fourth-order valence-electron chi connectivity index (χ4n) is 2.78. The Morgan fingerprint density at radius 2 is 2.05 bits per heavy atom. The summed E-state index contributed by atoms with van der Waals surface area (Å²) in [5, 5.41) is 12.8. The van der Waals surface area contributed by atoms with Crippen molar-refractivity contribution in [1.82, 2.24) is 9.62 Å². The molecule has 22 heavy (non-hydrogen) atoms. The summed E-state index contributed by atoms with van der Waals surface area (Å²) in [5.74, 6) is 0.706. The van der Waals surface area contributed by atoms with Gasteiger partial charge in [0.05, 0.1) is 6.26 Å². The first-order valence-electron chi connectivity index (χ1n) is 7.81. The molecular formula is C16H26N2O3S. The van der Waals surface area contributed by atoms with E-state index in [1.165, 1.54) is 11.8 Å². The van der Waals surface area contributed by atoms with Gasteiger partial charge in [-0.15, -0.1) is 0 Å². The normalized spacial score (nSPS) is 21.1. The third-order valence-corrected chi connectivity index (χ3v) is 5.54. The smallest absolute Gasteiger partial charge is 0.211 e. The highest BCUT2D eigenvalue weighted by Gasteiger charge is 2.28. The molecule has 6 heteroatoms. The van der Waals surface area contributed by atoms with Gasteiger partial charge in [-0.25, -0.2) is 12.7 Å². The summed E-state index contributed by atoms with van der Waals surface area (Å²) in [6.45, 7) is 4.30. The van der Waals surface area contributed by atoms with Gasteiger partial charge in [-0.1, -0.05) is 12.1 Å². The van der Waals surface area contributed by atoms with E-state index in [0.717, 1.165) is 25.8 Å². The quantitative estimate of drug-likeness (QED) is 0.798. The Balaban J connectivity index is 1.68. The highest BCUT2D eigenvalue weighted by atomic mass is 32.2. The molecule has 0 aromatic heterocycles. The van der Waals surface area contributed by atoms with Crippen LogP contribution in [0.2, 0.25) is 0 Å². The fourth-order valence-corrected chi connectivity index (χ4v) is 3.70. The van der Waals surface area contributed by atoms with E-state index < -0.39 is 10.0 Å². The summed E-state index contributed by atoms with van der Waals surface area (Å²) in [6.07, 6.45) is 4.20. The van der Waals surface area contributed by atoms with E-state index in [1.807, 2.05) is 12.1 Å². The van der Waals surface area contributed by atoms with Crippen molar-refractivity contribution in [2.45, 2.75) is 32.2 Å². The second-order valence-electron chi connectivity index (χ2n) is 6.29. The number of phenols is 1. The van der Waals surface area contributed by atoms with Crippen LogP contribution in [0.25, 0.3) is 0 Å². The van der Waals surface area contributed by atoms with Crippen LogP contribution in [0.5, 0.6) is 5.75 Å². The lowest BCUT2D eigenvalue weighted by Crippen LogP contribution is -2.34. The third-order valence-electron chi connectivity index (χ3n) is 4.27. The Morgan fingerprint density at radius 3 is 2.64 bits per heavy atom. The average molecular weight is 326 g/mol. The van der Waals surface area contributed by atoms with E-state index in [4.69, 9.17) is 0 Å². The third kappa shape index (κ3) is 5.26. The van der Waals surface area contributed by atoms with E-state index in [-0.39, 0.29) is 0 Å². The van der Waals surface area contributed by atoms with Gasteiger partial charge in [0.1, 0.15) is 5.75 Å². The summed E-state index contributed by atoms with van der Waals surface area (Å²) < 4.78 is 24.5. The molecule has 0 spiro atoms. The molecule has 1 fully saturated rings. The molecule has 1 aliphatic heterocycles. The Kier molecular flexibility index (Phi) is 5.83. The zero-order valence-electron chi connectivity index (χ0n) is 13.3. The van der Waals surface area contributed by atoms with Gasteiger partial charge in [0.15, 0.2) is 0 Å². The van der Waals surface area contributed by atoms with Gasteiger partial charge in [-0.05, 0) is 56.3 Å². The van der Waals surface area contributed by atoms with Crippen molar-refractivity contribution in [3.05, 3.63) is 29.8 Å². The minimum Gasteiger partial charge on any atom is -0.508 e. The SMILES string of the molecule is C[C@H](CCc1ccc(O)cc1)NC[C@H]1CCN(S(C)(=O)=O)C1. The molecule has 1 aliphatic rings. The molecule has 2 atom stereocenters. The van der Waals surface area contributed by atoms with Crippen LogP contribution in [-0.2, 0) is 16.4 Å². The maximum Gasteiger partial charge on any atom is 0.211 e. The van der Waals surface area contributed by atoms with Crippen LogP contribution in [-0.4, -0.2) is 49.8 Å². The molecular weight excluding hydrogens is 300 g/mol. The number of nitrogens with zero attached hydrogens (tertiary/aromatic N) is 1. The molecule has 1 saturated heterocycles. The van der Waals surface area contributed by atoms with Crippen molar-refractivity contribution >= 4 is 10.0 Å². The number of aromatic hydroxyl groups is 1. The predicted octanol–water partition coefficient (Wildman–Crippen LogP) is 1.58. The van der Waals surface area contributed by atoms with Crippen LogP contribution in [0.15, 0.2) is 24.3 Å². The van der Waals surface area contributed by atoms with E-state index in [0.29, 0.717) is 30.8 Å². The van der Waals surface area contributed by atoms with Crippen LogP contribution in [0.4, 0.5) is 0 Å². The Morgan fingerprint density at radius 1 is 1.36 bits per heavy atom. The van der Waals surface area contributed by atoms with Crippen LogP contribution in [0.3, 0.4) is 0 Å². The molecule has 124 valence electrons. The lowest BCUT2D eigenvalue weighted by Gasteiger charge is -2.18. The summed E-state index contributed by atoms with van der Waals surface area (Å²) >= 11 is 0. The van der Waals surface area contributed by atoms with E-state index >= 15 is 0 Å². The molecule has 0 aliphatic carbocycles. The topological polar surface area (TPSA) is 69.6 Å². The van der Waals surface area contributed by atoms with Gasteiger partial charge in [0.2, 0.25) is 10.0 Å². The summed E-state index contributed by atoms with van der Waals surface area (Å²) in [7, 11) is -3.04. The van der Waals surface area contributed by atoms with Gasteiger partial charge in [0, 0.05) is 19.1 Å². The lowest BCUT2D eigenvalue weighted by molar-refractivity contribution is 0.420. The number of hydrogen-bond acceptors (Lipinski definition) is 4. The second-order valence-corrected chi connectivity index (χ2v) is 8.27. The molecule has 1 aromatic carbocycles. The first-order valence-corrected chi connectivity index (χ1v) is 9.66. The van der Waals surface area contributed by atoms with Gasteiger partial charge in [0.25, 0.3) is 0 Å². The highest BCUT2D eigenvalue weighted by Crippen LogP contribution is 2.18. The molecule has 0 amide bonds. The predicted molar refractivity (Wildman–Crippen MR) is 88.4 cm³/mol. The summed E-state index contributed by atoms with van der Waals surface area (Å²) in [6, 6.07) is 7.71. The van der Waals surface area contributed by atoms with Gasteiger partial charge in [-0.2, -0.15) is 0 Å². The van der Waals surface area contributed by atoms with Crippen molar-refractivity contribution in [3.63, 3.8) is 0 Å². The molecule has 0 saturated carbocycles. The van der Waals surface area contributed by atoms with Crippen LogP contribution in [0, 0.1) is 5.92 Å². The molecule has 2 rings (SSSR count). The molecule has 0 unspecified atom stereocenters. The molecule has 2 N–H and O–H groups in total. The number of rotatable bonds is 7. The van der Waals surface area contributed by atoms with E-state index in [1.54, 1.807) is 16.4 Å². The first-order chi connectivity index (χ1) is 10.3. The fraction of sp³-hybridized carbons (Fsp3) is 0.625. The van der Waals surface area contributed by atoms with Crippen molar-refractivity contribution in [3.8, 4) is 5.75 Å². The zero-order chi connectivity index (χ0) is 16.2. The van der Waals surface area contributed by atoms with Crippen molar-refractivity contribution in [2.75, 3.05) is 25.9 Å². The van der Waals surface area contributed by atoms with Gasteiger partial charge >= 0.3 is 0 Å². The number of hydrogen-bond donors (Lipinski definition) is 2. The summed E-state index contributed by atoms with van der Waals surface area (Å²) in [4.78, 5) is 0. The number of benzene rings is 1. The molecule has 1 heterocycles. The molecule has 5 nitrogen and oxygen atoms in total. The second kappa shape index (κ2) is 7.44. The van der Waals surface area contributed by atoms with Crippen molar-refractivity contribution in [1.29, 1.82) is 0 Å². The van der Waals surface area contributed by atoms with Crippen LogP contribution >= 0.6 is 0 Å². The number of aryl methyl sites for hydroxylation is 1. The lowest BCUT2D eigenvalue weighted by atomic mass is 10.0. The maximum atomic E-state index is 11.5. The van der Waals surface area contributed by atoms with E-state index in [9.17, 15) is 13.5 Å². The van der Waals surface area contributed by atoms with E-state index in [2.05, 4.69) is 12.2 Å². The number of sulfonamides is 1. The first kappa shape index (κ1) is 17.2. The standard InChI is InChI=1S/C16H26N2O3S/c1-13(3-4-14-5-7-16(19)8-6-14)17-11-15-9-10-18(12-15)22(2,20)21/h5-8,13,15,17,19H,3-4,9-12H2,1-2H3/t13-,15-/m1/s1. The number of phenolic OH excluding ortho intramolecular Hbond substituents is 1. The molecule has 1 aromatic rings.